The van der Waals surface area contributed by atoms with Crippen LogP contribution in [-0.4, -0.2) is 38.5 Å². The minimum atomic E-state index is 0.384. The van der Waals surface area contributed by atoms with Crippen molar-refractivity contribution in [2.24, 2.45) is 5.84 Å². The molecule has 1 aromatic heterocycles. The molecule has 8 heteroatoms. The number of nitrogens with zero attached hydrogens (tertiary/aromatic N) is 1. The van der Waals surface area contributed by atoms with E-state index in [1.165, 1.54) is 0 Å². The fourth-order valence-corrected chi connectivity index (χ4v) is 1.95. The van der Waals surface area contributed by atoms with Gasteiger partial charge in [0.1, 0.15) is 5.82 Å². The van der Waals surface area contributed by atoms with Crippen LogP contribution in [0.15, 0.2) is 6.07 Å². The molecule has 4 N–H and O–H groups in total. The zero-order valence-corrected chi connectivity index (χ0v) is 12.9. The lowest BCUT2D eigenvalue weighted by atomic mass is 10.3. The summed E-state index contributed by atoms with van der Waals surface area (Å²) >= 11 is 11.9. The number of anilines is 2. The minimum absolute atomic E-state index is 0.384. The highest BCUT2D eigenvalue weighted by Gasteiger charge is 2.07. The molecule has 0 radical (unpaired) electrons. The highest BCUT2D eigenvalue weighted by atomic mass is 35.5. The maximum Gasteiger partial charge on any atom is 0.161 e. The number of aromatic nitrogens is 1. The summed E-state index contributed by atoms with van der Waals surface area (Å²) in [5.74, 6) is 6.26. The Balaban J connectivity index is 2.25. The van der Waals surface area contributed by atoms with Crippen molar-refractivity contribution >= 4 is 34.8 Å². The van der Waals surface area contributed by atoms with Gasteiger partial charge < -0.3 is 20.2 Å². The normalized spacial score (nSPS) is 10.6. The third-order valence-corrected chi connectivity index (χ3v) is 3.08. The molecule has 0 aromatic carbocycles. The smallest absolute Gasteiger partial charge is 0.161 e. The van der Waals surface area contributed by atoms with Gasteiger partial charge in [-0.05, 0) is 18.9 Å². The first-order valence-corrected chi connectivity index (χ1v) is 7.07. The summed E-state index contributed by atoms with van der Waals surface area (Å²) in [5.41, 5.74) is 2.42. The van der Waals surface area contributed by atoms with Gasteiger partial charge in [0, 0.05) is 20.3 Å². The van der Waals surface area contributed by atoms with E-state index in [9.17, 15) is 0 Å². The number of hydrogen-bond donors (Lipinski definition) is 3. The lowest BCUT2D eigenvalue weighted by Crippen LogP contribution is -2.12. The predicted octanol–water partition coefficient (Wildman–Crippen LogP) is 2.53. The molecular formula is C12H20Cl2N4O2. The van der Waals surface area contributed by atoms with Crippen LogP contribution in [0.2, 0.25) is 10.0 Å². The van der Waals surface area contributed by atoms with Crippen molar-refractivity contribution in [3.8, 4) is 0 Å². The predicted molar refractivity (Wildman–Crippen MR) is 82.5 cm³/mol. The SMILES string of the molecule is COCCOCCCCNc1nc(NN)c(Cl)cc1Cl. The molecule has 0 bridgehead atoms. The Labute approximate surface area is 128 Å². The summed E-state index contributed by atoms with van der Waals surface area (Å²) < 4.78 is 10.2. The Morgan fingerprint density at radius 3 is 2.60 bits per heavy atom. The number of rotatable bonds is 10. The van der Waals surface area contributed by atoms with Gasteiger partial charge >= 0.3 is 0 Å². The van der Waals surface area contributed by atoms with Crippen molar-refractivity contribution in [1.82, 2.24) is 4.98 Å². The molecule has 0 aliphatic rings. The van der Waals surface area contributed by atoms with E-state index in [0.717, 1.165) is 19.4 Å². The molecule has 0 fully saturated rings. The fraction of sp³-hybridized carbons (Fsp3) is 0.583. The summed E-state index contributed by atoms with van der Waals surface area (Å²) in [6.45, 7) is 2.70. The van der Waals surface area contributed by atoms with Crippen molar-refractivity contribution < 1.29 is 9.47 Å². The van der Waals surface area contributed by atoms with Gasteiger partial charge in [-0.3, -0.25) is 0 Å². The van der Waals surface area contributed by atoms with Crippen molar-refractivity contribution in [3.05, 3.63) is 16.1 Å². The summed E-state index contributed by atoms with van der Waals surface area (Å²) in [7, 11) is 1.65. The van der Waals surface area contributed by atoms with E-state index in [1.807, 2.05) is 0 Å². The number of methoxy groups -OCH3 is 1. The molecular weight excluding hydrogens is 303 g/mol. The number of nitrogen functional groups attached to an aromatic ring is 1. The molecule has 1 rings (SSSR count). The molecule has 0 saturated heterocycles. The maximum absolute atomic E-state index is 6.04. The van der Waals surface area contributed by atoms with Gasteiger partial charge in [0.25, 0.3) is 0 Å². The topological polar surface area (TPSA) is 81.4 Å². The maximum atomic E-state index is 6.04. The van der Waals surface area contributed by atoms with Gasteiger partial charge in [0.15, 0.2) is 5.82 Å². The van der Waals surface area contributed by atoms with Crippen LogP contribution in [0, 0.1) is 0 Å². The number of hydrogen-bond acceptors (Lipinski definition) is 6. The Morgan fingerprint density at radius 1 is 1.15 bits per heavy atom. The van der Waals surface area contributed by atoms with Crippen LogP contribution in [0.4, 0.5) is 11.6 Å². The van der Waals surface area contributed by atoms with Crippen LogP contribution >= 0.6 is 23.2 Å². The monoisotopic (exact) mass is 322 g/mol. The van der Waals surface area contributed by atoms with Crippen LogP contribution in [0.5, 0.6) is 0 Å². The van der Waals surface area contributed by atoms with E-state index < -0.39 is 0 Å². The lowest BCUT2D eigenvalue weighted by Gasteiger charge is -2.10. The van der Waals surface area contributed by atoms with Gasteiger partial charge in [-0.1, -0.05) is 23.2 Å². The summed E-state index contributed by atoms with van der Waals surface area (Å²) in [6.07, 6.45) is 1.89. The fourth-order valence-electron chi connectivity index (χ4n) is 1.47. The number of nitrogens with two attached hydrogens (primary N) is 1. The second-order valence-electron chi connectivity index (χ2n) is 4.03. The van der Waals surface area contributed by atoms with Gasteiger partial charge in [-0.15, -0.1) is 0 Å². The van der Waals surface area contributed by atoms with E-state index in [0.29, 0.717) is 41.5 Å². The molecule has 0 amide bonds. The third kappa shape index (κ3) is 6.11. The zero-order valence-electron chi connectivity index (χ0n) is 11.4. The molecule has 1 aromatic rings. The van der Waals surface area contributed by atoms with Gasteiger partial charge in [-0.2, -0.15) is 0 Å². The quantitative estimate of drug-likeness (QED) is 0.349. The summed E-state index contributed by atoms with van der Waals surface area (Å²) in [6, 6.07) is 1.60. The number of nitrogens with one attached hydrogen (secondary N) is 2. The lowest BCUT2D eigenvalue weighted by molar-refractivity contribution is 0.0691. The van der Waals surface area contributed by atoms with Crippen LogP contribution in [0.3, 0.4) is 0 Å². The molecule has 0 aliphatic heterocycles. The van der Waals surface area contributed by atoms with Gasteiger partial charge in [-0.25, -0.2) is 10.8 Å². The van der Waals surface area contributed by atoms with Crippen molar-refractivity contribution in [1.29, 1.82) is 0 Å². The number of unbranched alkanes of at least 4 members (excludes halogenated alkanes) is 1. The van der Waals surface area contributed by atoms with Crippen LogP contribution in [0.1, 0.15) is 12.8 Å². The second-order valence-corrected chi connectivity index (χ2v) is 4.85. The molecule has 0 spiro atoms. The Morgan fingerprint density at radius 2 is 1.90 bits per heavy atom. The van der Waals surface area contributed by atoms with E-state index in [1.54, 1.807) is 13.2 Å². The number of hydrazine groups is 1. The van der Waals surface area contributed by atoms with E-state index in [-0.39, 0.29) is 0 Å². The Hall–Kier alpha value is -0.790. The molecule has 0 aliphatic carbocycles. The van der Waals surface area contributed by atoms with Crippen LogP contribution in [-0.2, 0) is 9.47 Å². The standard InChI is InChI=1S/C12H20Cl2N4O2/c1-19-6-7-20-5-3-2-4-16-11-9(13)8-10(14)12(17-11)18-15/h8H,2-7,15H2,1H3,(H2,16,17,18). The van der Waals surface area contributed by atoms with E-state index in [4.69, 9.17) is 38.5 Å². The molecule has 0 saturated carbocycles. The third-order valence-electron chi connectivity index (χ3n) is 2.51. The van der Waals surface area contributed by atoms with E-state index >= 15 is 0 Å². The molecule has 20 heavy (non-hydrogen) atoms. The largest absolute Gasteiger partial charge is 0.382 e. The Kier molecular flexibility index (Phi) is 8.64. The average Bonchev–Trinajstić information content (AvgIpc) is 2.43. The summed E-state index contributed by atoms with van der Waals surface area (Å²) in [4.78, 5) is 4.19. The summed E-state index contributed by atoms with van der Waals surface area (Å²) in [5, 5.41) is 3.99. The molecule has 1 heterocycles. The molecule has 0 atom stereocenters. The van der Waals surface area contributed by atoms with Crippen molar-refractivity contribution in [3.63, 3.8) is 0 Å². The molecule has 6 nitrogen and oxygen atoms in total. The minimum Gasteiger partial charge on any atom is -0.382 e. The van der Waals surface area contributed by atoms with Crippen molar-refractivity contribution in [2.75, 3.05) is 44.2 Å². The van der Waals surface area contributed by atoms with Crippen molar-refractivity contribution in [2.45, 2.75) is 12.8 Å². The molecule has 114 valence electrons. The van der Waals surface area contributed by atoms with Crippen LogP contribution < -0.4 is 16.6 Å². The first kappa shape index (κ1) is 17.3. The van der Waals surface area contributed by atoms with Gasteiger partial charge in [0.2, 0.25) is 0 Å². The number of pyridine rings is 1. The highest BCUT2D eigenvalue weighted by molar-refractivity contribution is 6.37. The number of halogens is 2. The van der Waals surface area contributed by atoms with Crippen LogP contribution in [0.25, 0.3) is 0 Å². The first-order chi connectivity index (χ1) is 9.69. The first-order valence-electron chi connectivity index (χ1n) is 6.32. The molecule has 0 unspecified atom stereocenters. The second kappa shape index (κ2) is 10.0. The number of ether oxygens (including phenoxy) is 2. The average molecular weight is 323 g/mol. The highest BCUT2D eigenvalue weighted by Crippen LogP contribution is 2.28. The van der Waals surface area contributed by atoms with E-state index in [2.05, 4.69) is 15.7 Å². The Bertz CT molecular complexity index is 407. The van der Waals surface area contributed by atoms with Gasteiger partial charge in [0.05, 0.1) is 23.3 Å². The zero-order chi connectivity index (χ0) is 14.8.